The second-order valence-corrected chi connectivity index (χ2v) is 2.29. The number of Topliss-reactive ketones (excluding diaryl/α,β-unsaturated/α-hetero) is 1. The van der Waals surface area contributed by atoms with Crippen LogP contribution in [0.4, 0.5) is 0 Å². The number of aliphatic hydroxyl groups is 1. The van der Waals surface area contributed by atoms with Gasteiger partial charge in [-0.1, -0.05) is 6.92 Å². The number of hydrogen-bond donors (Lipinski definition) is 1. The molecule has 0 fully saturated rings. The number of hydrogen-bond acceptors (Lipinski definition) is 3. The molecule has 60 valence electrons. The lowest BCUT2D eigenvalue weighted by Crippen LogP contribution is -2.31. The molecule has 1 N–H and O–H groups in total. The van der Waals surface area contributed by atoms with Crippen molar-refractivity contribution in [2.75, 3.05) is 26.2 Å². The molecule has 0 radical (unpaired) electrons. The zero-order chi connectivity index (χ0) is 7.98. The first kappa shape index (κ1) is 9.59. The first-order valence-electron chi connectivity index (χ1n) is 3.53. The molecule has 0 atom stereocenters. The van der Waals surface area contributed by atoms with Crippen molar-refractivity contribution in [2.45, 2.75) is 13.8 Å². The maximum absolute atomic E-state index is 10.6. The molecule has 0 saturated carbocycles. The number of rotatable bonds is 5. The van der Waals surface area contributed by atoms with Crippen LogP contribution in [-0.2, 0) is 4.79 Å². The molecule has 0 amide bonds. The number of aliphatic hydroxyl groups excluding tert-OH is 1. The van der Waals surface area contributed by atoms with Crippen LogP contribution in [0.15, 0.2) is 0 Å². The van der Waals surface area contributed by atoms with Crippen molar-refractivity contribution in [3.8, 4) is 0 Å². The van der Waals surface area contributed by atoms with Gasteiger partial charge in [0, 0.05) is 6.54 Å². The van der Waals surface area contributed by atoms with Crippen LogP contribution in [0.2, 0.25) is 0 Å². The molecule has 0 aromatic heterocycles. The quantitative estimate of drug-likeness (QED) is 0.587. The fourth-order valence-corrected chi connectivity index (χ4v) is 0.805. The topological polar surface area (TPSA) is 40.5 Å². The van der Waals surface area contributed by atoms with E-state index in [1.807, 2.05) is 11.8 Å². The zero-order valence-electron chi connectivity index (χ0n) is 6.63. The van der Waals surface area contributed by atoms with Gasteiger partial charge in [0.2, 0.25) is 0 Å². The second kappa shape index (κ2) is 5.38. The van der Waals surface area contributed by atoms with Crippen LogP contribution in [-0.4, -0.2) is 42.0 Å². The van der Waals surface area contributed by atoms with Gasteiger partial charge >= 0.3 is 0 Å². The number of carbonyl (C=O) groups excluding carboxylic acids is 1. The minimum absolute atomic E-state index is 0.126. The van der Waals surface area contributed by atoms with E-state index in [2.05, 4.69) is 0 Å². The van der Waals surface area contributed by atoms with Gasteiger partial charge < -0.3 is 5.11 Å². The molecule has 0 rings (SSSR count). The molecule has 0 aromatic rings. The van der Waals surface area contributed by atoms with Gasteiger partial charge in [-0.25, -0.2) is 0 Å². The standard InChI is InChI=1S/C7H15NO2/c1-3-8(4-5-9)6-7(2)10/h9H,3-6H2,1-2H3. The molecule has 0 aliphatic carbocycles. The Kier molecular flexibility index (Phi) is 5.16. The van der Waals surface area contributed by atoms with Crippen LogP contribution in [0.5, 0.6) is 0 Å². The van der Waals surface area contributed by atoms with Gasteiger partial charge in [-0.05, 0) is 13.5 Å². The van der Waals surface area contributed by atoms with Crippen LogP contribution < -0.4 is 0 Å². The van der Waals surface area contributed by atoms with Gasteiger partial charge in [0.15, 0.2) is 0 Å². The summed E-state index contributed by atoms with van der Waals surface area (Å²) in [7, 11) is 0. The first-order valence-corrected chi connectivity index (χ1v) is 3.53. The molecule has 0 aromatic carbocycles. The summed E-state index contributed by atoms with van der Waals surface area (Å²) < 4.78 is 0. The maximum atomic E-state index is 10.6. The van der Waals surface area contributed by atoms with E-state index in [0.29, 0.717) is 13.1 Å². The molecular formula is C7H15NO2. The highest BCUT2D eigenvalue weighted by molar-refractivity contribution is 5.77. The van der Waals surface area contributed by atoms with Gasteiger partial charge in [0.1, 0.15) is 5.78 Å². The second-order valence-electron chi connectivity index (χ2n) is 2.29. The van der Waals surface area contributed by atoms with Crippen LogP contribution in [0.25, 0.3) is 0 Å². The third-order valence-electron chi connectivity index (χ3n) is 1.31. The summed E-state index contributed by atoms with van der Waals surface area (Å²) >= 11 is 0. The lowest BCUT2D eigenvalue weighted by Gasteiger charge is -2.16. The van der Waals surface area contributed by atoms with Crippen molar-refractivity contribution in [1.82, 2.24) is 4.90 Å². The van der Waals surface area contributed by atoms with Crippen LogP contribution in [0.3, 0.4) is 0 Å². The summed E-state index contributed by atoms with van der Waals surface area (Å²) in [5, 5.41) is 8.53. The highest BCUT2D eigenvalue weighted by Crippen LogP contribution is 1.85. The molecule has 0 heterocycles. The average molecular weight is 145 g/mol. The smallest absolute Gasteiger partial charge is 0.143 e. The summed E-state index contributed by atoms with van der Waals surface area (Å²) in [6.07, 6.45) is 0. The summed E-state index contributed by atoms with van der Waals surface area (Å²) in [5.41, 5.74) is 0. The Labute approximate surface area is 61.6 Å². The van der Waals surface area contributed by atoms with Crippen molar-refractivity contribution in [3.63, 3.8) is 0 Å². The van der Waals surface area contributed by atoms with Crippen molar-refractivity contribution in [2.24, 2.45) is 0 Å². The molecule has 0 saturated heterocycles. The fourth-order valence-electron chi connectivity index (χ4n) is 0.805. The molecule has 0 aliphatic rings. The zero-order valence-corrected chi connectivity index (χ0v) is 6.63. The average Bonchev–Trinajstić information content (AvgIpc) is 1.86. The van der Waals surface area contributed by atoms with Gasteiger partial charge in [-0.3, -0.25) is 9.69 Å². The summed E-state index contributed by atoms with van der Waals surface area (Å²) in [5.74, 6) is 0.148. The fraction of sp³-hybridized carbons (Fsp3) is 0.857. The molecule has 0 unspecified atom stereocenters. The molecule has 0 bridgehead atoms. The number of ketones is 1. The molecule has 0 spiro atoms. The lowest BCUT2D eigenvalue weighted by molar-refractivity contribution is -0.118. The van der Waals surface area contributed by atoms with E-state index in [0.717, 1.165) is 6.54 Å². The van der Waals surface area contributed by atoms with Gasteiger partial charge in [-0.2, -0.15) is 0 Å². The van der Waals surface area contributed by atoms with Crippen LogP contribution in [0.1, 0.15) is 13.8 Å². The predicted molar refractivity (Wildman–Crippen MR) is 39.9 cm³/mol. The normalized spacial score (nSPS) is 10.4. The number of carbonyl (C=O) groups is 1. The Morgan fingerprint density at radius 1 is 1.60 bits per heavy atom. The minimum Gasteiger partial charge on any atom is -0.395 e. The molecule has 3 heteroatoms. The minimum atomic E-state index is 0.126. The Morgan fingerprint density at radius 2 is 2.20 bits per heavy atom. The molecule has 10 heavy (non-hydrogen) atoms. The Bertz CT molecular complexity index is 104. The third kappa shape index (κ3) is 4.47. The predicted octanol–water partition coefficient (Wildman–Crippen LogP) is -0.110. The maximum Gasteiger partial charge on any atom is 0.143 e. The SMILES string of the molecule is CCN(CCO)CC(C)=O. The van der Waals surface area contributed by atoms with E-state index < -0.39 is 0 Å². The van der Waals surface area contributed by atoms with Gasteiger partial charge in [0.05, 0.1) is 13.2 Å². The first-order chi connectivity index (χ1) is 4.70. The monoisotopic (exact) mass is 145 g/mol. The van der Waals surface area contributed by atoms with E-state index in [9.17, 15) is 4.79 Å². The van der Waals surface area contributed by atoms with E-state index in [1.165, 1.54) is 0 Å². The van der Waals surface area contributed by atoms with E-state index in [4.69, 9.17) is 5.11 Å². The van der Waals surface area contributed by atoms with Crippen LogP contribution >= 0.6 is 0 Å². The van der Waals surface area contributed by atoms with Crippen molar-refractivity contribution >= 4 is 5.78 Å². The van der Waals surface area contributed by atoms with Crippen molar-refractivity contribution < 1.29 is 9.90 Å². The summed E-state index contributed by atoms with van der Waals surface area (Å²) in [6, 6.07) is 0. The van der Waals surface area contributed by atoms with Crippen LogP contribution in [0, 0.1) is 0 Å². The Balaban J connectivity index is 3.49. The highest BCUT2D eigenvalue weighted by atomic mass is 16.3. The largest absolute Gasteiger partial charge is 0.395 e. The highest BCUT2D eigenvalue weighted by Gasteiger charge is 2.02. The Morgan fingerprint density at radius 3 is 2.50 bits per heavy atom. The van der Waals surface area contributed by atoms with E-state index in [-0.39, 0.29) is 12.4 Å². The van der Waals surface area contributed by atoms with Gasteiger partial charge in [0.25, 0.3) is 0 Å². The molecule has 3 nitrogen and oxygen atoms in total. The lowest BCUT2D eigenvalue weighted by atomic mass is 10.4. The third-order valence-corrected chi connectivity index (χ3v) is 1.31. The number of nitrogens with zero attached hydrogens (tertiary/aromatic N) is 1. The summed E-state index contributed by atoms with van der Waals surface area (Å²) in [4.78, 5) is 12.5. The Hall–Kier alpha value is -0.410. The molecular weight excluding hydrogens is 130 g/mol. The van der Waals surface area contributed by atoms with Gasteiger partial charge in [-0.15, -0.1) is 0 Å². The number of likely N-dealkylation sites (N-methyl/N-ethyl adjacent to an activating group) is 1. The molecule has 0 aliphatic heterocycles. The van der Waals surface area contributed by atoms with E-state index in [1.54, 1.807) is 6.92 Å². The van der Waals surface area contributed by atoms with E-state index >= 15 is 0 Å². The van der Waals surface area contributed by atoms with Crippen molar-refractivity contribution in [1.29, 1.82) is 0 Å². The summed E-state index contributed by atoms with van der Waals surface area (Å²) in [6.45, 7) is 5.52. The van der Waals surface area contributed by atoms with Crippen molar-refractivity contribution in [3.05, 3.63) is 0 Å².